The highest BCUT2D eigenvalue weighted by Gasteiger charge is 2.07. The smallest absolute Gasteiger partial charge is 0.195 e. The minimum absolute atomic E-state index is 0.114. The molecule has 3 nitrogen and oxygen atoms in total. The third-order valence-electron chi connectivity index (χ3n) is 1.59. The highest BCUT2D eigenvalue weighted by Crippen LogP contribution is 2.17. The van der Waals surface area contributed by atoms with Crippen LogP contribution in [0.25, 0.3) is 0 Å². The number of hydrogen-bond donors (Lipinski definition) is 0. The van der Waals surface area contributed by atoms with Crippen LogP contribution in [0, 0.1) is 11.6 Å². The first kappa shape index (κ1) is 11.6. The van der Waals surface area contributed by atoms with E-state index in [1.807, 2.05) is 0 Å². The molecule has 0 bridgehead atoms. The van der Waals surface area contributed by atoms with Gasteiger partial charge in [-0.25, -0.2) is 8.78 Å². The molecule has 0 aliphatic heterocycles. The molecule has 0 aliphatic carbocycles. The van der Waals surface area contributed by atoms with Crippen LogP contribution in [-0.2, 0) is 9.53 Å². The van der Waals surface area contributed by atoms with Gasteiger partial charge in [0.1, 0.15) is 19.0 Å². The number of ether oxygens (including phenoxy) is 2. The van der Waals surface area contributed by atoms with Crippen molar-refractivity contribution in [1.82, 2.24) is 0 Å². The molecule has 0 atom stereocenters. The number of methoxy groups -OCH3 is 1. The van der Waals surface area contributed by atoms with Gasteiger partial charge >= 0.3 is 0 Å². The van der Waals surface area contributed by atoms with Crippen molar-refractivity contribution >= 4 is 5.78 Å². The maximum atomic E-state index is 13.0. The highest BCUT2D eigenvalue weighted by molar-refractivity contribution is 5.81. The van der Waals surface area contributed by atoms with Crippen LogP contribution < -0.4 is 4.74 Å². The maximum absolute atomic E-state index is 13.0. The molecule has 1 rings (SSSR count). The first-order valence-corrected chi connectivity index (χ1v) is 4.22. The van der Waals surface area contributed by atoms with Gasteiger partial charge in [0, 0.05) is 13.2 Å². The average Bonchev–Trinajstić information content (AvgIpc) is 2.20. The minimum atomic E-state index is -0.707. The van der Waals surface area contributed by atoms with Gasteiger partial charge in [-0.2, -0.15) is 0 Å². The third kappa shape index (κ3) is 3.63. The Balaban J connectivity index is 2.57. The van der Waals surface area contributed by atoms with E-state index in [9.17, 15) is 13.6 Å². The molecule has 0 heterocycles. The third-order valence-corrected chi connectivity index (χ3v) is 1.59. The van der Waals surface area contributed by atoms with E-state index >= 15 is 0 Å². The number of carbonyl (C=O) groups excluding carboxylic acids is 1. The number of ketones is 1. The molecular formula is C10H10F2O3. The Hall–Kier alpha value is -1.49. The highest BCUT2D eigenvalue weighted by atomic mass is 19.1. The van der Waals surface area contributed by atoms with E-state index in [4.69, 9.17) is 4.74 Å². The predicted molar refractivity (Wildman–Crippen MR) is 48.7 cm³/mol. The topological polar surface area (TPSA) is 35.5 Å². The molecule has 0 N–H and O–H groups in total. The van der Waals surface area contributed by atoms with Gasteiger partial charge in [-0.05, 0) is 12.1 Å². The summed E-state index contributed by atoms with van der Waals surface area (Å²) in [4.78, 5) is 10.9. The molecule has 0 fully saturated rings. The van der Waals surface area contributed by atoms with Crippen LogP contribution in [0.3, 0.4) is 0 Å². The van der Waals surface area contributed by atoms with Gasteiger partial charge < -0.3 is 9.47 Å². The van der Waals surface area contributed by atoms with Crippen LogP contribution in [0.5, 0.6) is 5.75 Å². The van der Waals surface area contributed by atoms with Gasteiger partial charge in [0.15, 0.2) is 17.3 Å². The zero-order valence-corrected chi connectivity index (χ0v) is 8.13. The Morgan fingerprint density at radius 3 is 2.73 bits per heavy atom. The molecule has 0 spiro atoms. The lowest BCUT2D eigenvalue weighted by Gasteiger charge is -2.05. The van der Waals surface area contributed by atoms with Crippen LogP contribution in [0.4, 0.5) is 8.78 Å². The van der Waals surface area contributed by atoms with Crippen molar-refractivity contribution in [2.75, 3.05) is 20.3 Å². The van der Waals surface area contributed by atoms with Crippen LogP contribution in [0.15, 0.2) is 18.2 Å². The molecule has 82 valence electrons. The summed E-state index contributed by atoms with van der Waals surface area (Å²) >= 11 is 0. The summed E-state index contributed by atoms with van der Waals surface area (Å²) in [6.07, 6.45) is 0. The second-order valence-corrected chi connectivity index (χ2v) is 2.84. The summed E-state index contributed by atoms with van der Waals surface area (Å²) in [7, 11) is 1.36. The quantitative estimate of drug-likeness (QED) is 0.749. The number of Topliss-reactive ketones (excluding diaryl/α,β-unsaturated/α-hetero) is 1. The lowest BCUT2D eigenvalue weighted by Crippen LogP contribution is -2.16. The van der Waals surface area contributed by atoms with E-state index in [2.05, 4.69) is 4.74 Å². The Morgan fingerprint density at radius 1 is 1.33 bits per heavy atom. The van der Waals surface area contributed by atoms with E-state index in [-0.39, 0.29) is 24.7 Å². The Morgan fingerprint density at radius 2 is 2.07 bits per heavy atom. The van der Waals surface area contributed by atoms with Gasteiger partial charge in [-0.1, -0.05) is 0 Å². The number of rotatable bonds is 5. The minimum Gasteiger partial charge on any atom is -0.483 e. The monoisotopic (exact) mass is 216 g/mol. The second-order valence-electron chi connectivity index (χ2n) is 2.84. The molecule has 0 aromatic heterocycles. The molecule has 1 aromatic carbocycles. The fourth-order valence-electron chi connectivity index (χ4n) is 0.949. The molecular weight excluding hydrogens is 206 g/mol. The number of benzene rings is 1. The lowest BCUT2D eigenvalue weighted by atomic mass is 10.3. The Kier molecular flexibility index (Phi) is 4.17. The number of hydrogen-bond acceptors (Lipinski definition) is 3. The van der Waals surface area contributed by atoms with E-state index in [1.54, 1.807) is 0 Å². The zero-order valence-electron chi connectivity index (χ0n) is 8.13. The largest absolute Gasteiger partial charge is 0.483 e. The van der Waals surface area contributed by atoms with Gasteiger partial charge in [0.2, 0.25) is 0 Å². The molecule has 0 radical (unpaired) electrons. The van der Waals surface area contributed by atoms with Crippen molar-refractivity contribution in [2.45, 2.75) is 0 Å². The Labute approximate surface area is 85.6 Å². The van der Waals surface area contributed by atoms with Crippen molar-refractivity contribution in [3.63, 3.8) is 0 Å². The first-order valence-electron chi connectivity index (χ1n) is 4.22. The second kappa shape index (κ2) is 5.41. The van der Waals surface area contributed by atoms with E-state index < -0.39 is 11.6 Å². The molecule has 5 heteroatoms. The molecule has 0 saturated carbocycles. The Bertz CT molecular complexity index is 353. The summed E-state index contributed by atoms with van der Waals surface area (Å²) < 4.78 is 35.0. The normalized spacial score (nSPS) is 10.1. The van der Waals surface area contributed by atoms with Crippen molar-refractivity contribution in [2.24, 2.45) is 0 Å². The lowest BCUT2D eigenvalue weighted by molar-refractivity contribution is -0.124. The summed E-state index contributed by atoms with van der Waals surface area (Å²) in [6.45, 7) is -0.453. The summed E-state index contributed by atoms with van der Waals surface area (Å²) in [5.41, 5.74) is 0. The number of halogens is 2. The molecule has 0 saturated heterocycles. The SMILES string of the molecule is COCC(=O)COc1cc(F)ccc1F. The number of carbonyl (C=O) groups is 1. The first-order chi connectivity index (χ1) is 7.13. The summed E-state index contributed by atoms with van der Waals surface area (Å²) in [6, 6.07) is 2.79. The van der Waals surface area contributed by atoms with Crippen molar-refractivity contribution in [3.8, 4) is 5.75 Å². The molecule has 0 unspecified atom stereocenters. The van der Waals surface area contributed by atoms with E-state index in [1.165, 1.54) is 7.11 Å². The van der Waals surface area contributed by atoms with E-state index in [0.717, 1.165) is 18.2 Å². The van der Waals surface area contributed by atoms with Gasteiger partial charge in [0.25, 0.3) is 0 Å². The maximum Gasteiger partial charge on any atom is 0.195 e. The van der Waals surface area contributed by atoms with Crippen molar-refractivity contribution in [3.05, 3.63) is 29.8 Å². The van der Waals surface area contributed by atoms with Crippen molar-refractivity contribution < 1.29 is 23.0 Å². The van der Waals surface area contributed by atoms with Crippen LogP contribution in [-0.4, -0.2) is 26.1 Å². The van der Waals surface area contributed by atoms with Gasteiger partial charge in [0.05, 0.1) is 0 Å². The average molecular weight is 216 g/mol. The van der Waals surface area contributed by atoms with Gasteiger partial charge in [-0.3, -0.25) is 4.79 Å². The fourth-order valence-corrected chi connectivity index (χ4v) is 0.949. The predicted octanol–water partition coefficient (Wildman–Crippen LogP) is 1.56. The molecule has 0 amide bonds. The molecule has 15 heavy (non-hydrogen) atoms. The van der Waals surface area contributed by atoms with Gasteiger partial charge in [-0.15, -0.1) is 0 Å². The summed E-state index contributed by atoms with van der Waals surface area (Å²) in [5, 5.41) is 0. The van der Waals surface area contributed by atoms with Crippen LogP contribution >= 0.6 is 0 Å². The summed E-state index contributed by atoms with van der Waals surface area (Å²) in [5.74, 6) is -1.95. The fraction of sp³-hybridized carbons (Fsp3) is 0.300. The standard InChI is InChI=1S/C10H10F2O3/c1-14-5-8(13)6-15-10-4-7(11)2-3-9(10)12/h2-4H,5-6H2,1H3. The van der Waals surface area contributed by atoms with Crippen LogP contribution in [0.1, 0.15) is 0 Å². The van der Waals surface area contributed by atoms with Crippen molar-refractivity contribution in [1.29, 1.82) is 0 Å². The molecule has 1 aromatic rings. The molecule has 0 aliphatic rings. The zero-order chi connectivity index (χ0) is 11.3. The van der Waals surface area contributed by atoms with Crippen LogP contribution in [0.2, 0.25) is 0 Å². The van der Waals surface area contributed by atoms with E-state index in [0.29, 0.717) is 0 Å².